The zero-order valence-electron chi connectivity index (χ0n) is 12.9. The van der Waals surface area contributed by atoms with Crippen LogP contribution in [0.4, 0.5) is 10.5 Å². The first-order valence-electron chi connectivity index (χ1n) is 6.79. The second kappa shape index (κ2) is 7.08. The van der Waals surface area contributed by atoms with E-state index in [0.717, 1.165) is 6.54 Å². The first-order chi connectivity index (χ1) is 9.78. The van der Waals surface area contributed by atoms with E-state index < -0.39 is 11.4 Å². The molecule has 1 aromatic carbocycles. The molecule has 2 amide bonds. The second-order valence-electron chi connectivity index (χ2n) is 5.46. The van der Waals surface area contributed by atoms with Gasteiger partial charge in [-0.2, -0.15) is 0 Å². The first kappa shape index (κ1) is 17.0. The molecule has 6 nitrogen and oxygen atoms in total. The van der Waals surface area contributed by atoms with Crippen LogP contribution in [0.2, 0.25) is 0 Å². The summed E-state index contributed by atoms with van der Waals surface area (Å²) in [5.41, 5.74) is 0.379. The highest BCUT2D eigenvalue weighted by Crippen LogP contribution is 2.24. The lowest BCUT2D eigenvalue weighted by atomic mass is 9.85. The molecule has 1 rings (SSSR count). The number of nitrogens with one attached hydrogen (secondary N) is 2. The first-order valence-corrected chi connectivity index (χ1v) is 6.79. The Morgan fingerprint density at radius 2 is 1.81 bits per heavy atom. The maximum atomic E-state index is 11.9. The Bertz CT molecular complexity index is 497. The van der Waals surface area contributed by atoms with Crippen molar-refractivity contribution in [1.82, 2.24) is 10.2 Å². The van der Waals surface area contributed by atoms with Crippen molar-refractivity contribution >= 4 is 17.7 Å². The zero-order valence-corrected chi connectivity index (χ0v) is 12.9. The van der Waals surface area contributed by atoms with E-state index in [2.05, 4.69) is 10.6 Å². The molecule has 0 fully saturated rings. The molecule has 0 aliphatic rings. The Morgan fingerprint density at radius 1 is 1.24 bits per heavy atom. The standard InChI is InChI=1S/C15H23N3O3/c1-15(2,13(19)20)11-5-7-12(8-6-11)17-14(21)18(4)10-9-16-3/h5-8,16H,9-10H2,1-4H3,(H,17,21)(H,19,20). The molecule has 0 aliphatic carbocycles. The summed E-state index contributed by atoms with van der Waals surface area (Å²) in [4.78, 5) is 24.7. The third-order valence-corrected chi connectivity index (χ3v) is 3.44. The van der Waals surface area contributed by atoms with Gasteiger partial charge in [-0.05, 0) is 38.6 Å². The lowest BCUT2D eigenvalue weighted by Gasteiger charge is -2.21. The van der Waals surface area contributed by atoms with Gasteiger partial charge in [-0.3, -0.25) is 4.79 Å². The van der Waals surface area contributed by atoms with Crippen molar-refractivity contribution in [3.8, 4) is 0 Å². The second-order valence-corrected chi connectivity index (χ2v) is 5.46. The number of carboxylic acid groups (broad SMARTS) is 1. The summed E-state index contributed by atoms with van der Waals surface area (Å²) in [6.07, 6.45) is 0. The number of rotatable bonds is 6. The number of hydrogen-bond donors (Lipinski definition) is 3. The molecular formula is C15H23N3O3. The van der Waals surface area contributed by atoms with Gasteiger partial charge in [-0.1, -0.05) is 12.1 Å². The molecule has 116 valence electrons. The number of urea groups is 1. The van der Waals surface area contributed by atoms with Crippen molar-refractivity contribution in [2.45, 2.75) is 19.3 Å². The topological polar surface area (TPSA) is 81.7 Å². The van der Waals surface area contributed by atoms with Crippen LogP contribution in [-0.4, -0.2) is 49.2 Å². The van der Waals surface area contributed by atoms with Crippen molar-refractivity contribution in [3.63, 3.8) is 0 Å². The summed E-state index contributed by atoms with van der Waals surface area (Å²) in [6.45, 7) is 4.62. The Labute approximate surface area is 125 Å². The molecule has 0 atom stereocenters. The van der Waals surface area contributed by atoms with Crippen molar-refractivity contribution in [2.24, 2.45) is 0 Å². The minimum absolute atomic E-state index is 0.199. The molecule has 0 saturated heterocycles. The lowest BCUT2D eigenvalue weighted by molar-refractivity contribution is -0.142. The fraction of sp³-hybridized carbons (Fsp3) is 0.467. The van der Waals surface area contributed by atoms with E-state index in [1.54, 1.807) is 50.1 Å². The Kier molecular flexibility index (Phi) is 5.72. The van der Waals surface area contributed by atoms with Crippen LogP contribution in [0.25, 0.3) is 0 Å². The van der Waals surface area contributed by atoms with Crippen LogP contribution in [0.5, 0.6) is 0 Å². The van der Waals surface area contributed by atoms with E-state index in [9.17, 15) is 14.7 Å². The maximum absolute atomic E-state index is 11.9. The molecule has 0 aliphatic heterocycles. The number of likely N-dealkylation sites (N-methyl/N-ethyl adjacent to an activating group) is 2. The van der Waals surface area contributed by atoms with Gasteiger partial charge >= 0.3 is 12.0 Å². The Balaban J connectivity index is 2.71. The van der Waals surface area contributed by atoms with E-state index in [1.807, 2.05) is 7.05 Å². The van der Waals surface area contributed by atoms with Gasteiger partial charge in [0.1, 0.15) is 0 Å². The lowest BCUT2D eigenvalue weighted by Crippen LogP contribution is -2.36. The molecule has 6 heteroatoms. The van der Waals surface area contributed by atoms with Crippen molar-refractivity contribution in [3.05, 3.63) is 29.8 Å². The highest BCUT2D eigenvalue weighted by atomic mass is 16.4. The van der Waals surface area contributed by atoms with Crippen molar-refractivity contribution in [1.29, 1.82) is 0 Å². The monoisotopic (exact) mass is 293 g/mol. The number of anilines is 1. The highest BCUT2D eigenvalue weighted by Gasteiger charge is 2.29. The number of carbonyl (C=O) groups excluding carboxylic acids is 1. The van der Waals surface area contributed by atoms with Gasteiger partial charge in [0, 0.05) is 25.8 Å². The van der Waals surface area contributed by atoms with Gasteiger partial charge < -0.3 is 20.6 Å². The van der Waals surface area contributed by atoms with Crippen LogP contribution < -0.4 is 10.6 Å². The van der Waals surface area contributed by atoms with Gasteiger partial charge in [0.2, 0.25) is 0 Å². The summed E-state index contributed by atoms with van der Waals surface area (Å²) in [5.74, 6) is -0.883. The predicted octanol–water partition coefficient (Wildman–Crippen LogP) is 1.73. The molecule has 0 heterocycles. The molecule has 0 spiro atoms. The van der Waals surface area contributed by atoms with Crippen LogP contribution in [0.15, 0.2) is 24.3 Å². The van der Waals surface area contributed by atoms with Gasteiger partial charge in [0.25, 0.3) is 0 Å². The van der Waals surface area contributed by atoms with E-state index in [1.165, 1.54) is 0 Å². The summed E-state index contributed by atoms with van der Waals surface area (Å²) in [6, 6.07) is 6.66. The van der Waals surface area contributed by atoms with Crippen LogP contribution in [-0.2, 0) is 10.2 Å². The molecule has 0 bridgehead atoms. The van der Waals surface area contributed by atoms with Crippen LogP contribution in [0.1, 0.15) is 19.4 Å². The molecule has 0 radical (unpaired) electrons. The number of nitrogens with zero attached hydrogens (tertiary/aromatic N) is 1. The summed E-state index contributed by atoms with van der Waals surface area (Å²) >= 11 is 0. The average Bonchev–Trinajstić information content (AvgIpc) is 2.45. The summed E-state index contributed by atoms with van der Waals surface area (Å²) in [5, 5.41) is 14.9. The maximum Gasteiger partial charge on any atom is 0.321 e. The molecular weight excluding hydrogens is 270 g/mol. The minimum Gasteiger partial charge on any atom is -0.481 e. The summed E-state index contributed by atoms with van der Waals surface area (Å²) < 4.78 is 0. The smallest absolute Gasteiger partial charge is 0.321 e. The molecule has 1 aromatic rings. The van der Waals surface area contributed by atoms with E-state index in [-0.39, 0.29) is 6.03 Å². The number of aliphatic carboxylic acids is 1. The Morgan fingerprint density at radius 3 is 2.29 bits per heavy atom. The minimum atomic E-state index is -0.952. The quantitative estimate of drug-likeness (QED) is 0.746. The molecule has 3 N–H and O–H groups in total. The third kappa shape index (κ3) is 4.46. The predicted molar refractivity (Wildman–Crippen MR) is 82.7 cm³/mol. The van der Waals surface area contributed by atoms with Crippen LogP contribution in [0.3, 0.4) is 0 Å². The number of benzene rings is 1. The molecule has 0 saturated carbocycles. The third-order valence-electron chi connectivity index (χ3n) is 3.44. The SMILES string of the molecule is CNCCN(C)C(=O)Nc1ccc(C(C)(C)C(=O)O)cc1. The number of amides is 2. The van der Waals surface area contributed by atoms with Gasteiger partial charge in [0.05, 0.1) is 5.41 Å². The van der Waals surface area contributed by atoms with Crippen LogP contribution in [0, 0.1) is 0 Å². The van der Waals surface area contributed by atoms with Gasteiger partial charge in [-0.25, -0.2) is 4.79 Å². The van der Waals surface area contributed by atoms with Crippen LogP contribution >= 0.6 is 0 Å². The fourth-order valence-electron chi connectivity index (χ4n) is 1.69. The average molecular weight is 293 g/mol. The van der Waals surface area contributed by atoms with E-state index in [0.29, 0.717) is 17.8 Å². The van der Waals surface area contributed by atoms with E-state index >= 15 is 0 Å². The number of carbonyl (C=O) groups is 2. The largest absolute Gasteiger partial charge is 0.481 e. The molecule has 21 heavy (non-hydrogen) atoms. The Hall–Kier alpha value is -2.08. The number of hydrogen-bond acceptors (Lipinski definition) is 3. The van der Waals surface area contributed by atoms with Gasteiger partial charge in [-0.15, -0.1) is 0 Å². The van der Waals surface area contributed by atoms with E-state index in [4.69, 9.17) is 0 Å². The van der Waals surface area contributed by atoms with Gasteiger partial charge in [0.15, 0.2) is 0 Å². The normalized spacial score (nSPS) is 11.0. The highest BCUT2D eigenvalue weighted by molar-refractivity contribution is 5.89. The number of carboxylic acids is 1. The van der Waals surface area contributed by atoms with Crippen molar-refractivity contribution < 1.29 is 14.7 Å². The zero-order chi connectivity index (χ0) is 16.0. The summed E-state index contributed by atoms with van der Waals surface area (Å²) in [7, 11) is 3.54. The molecule has 0 unspecified atom stereocenters. The fourth-order valence-corrected chi connectivity index (χ4v) is 1.69. The molecule has 0 aromatic heterocycles. The van der Waals surface area contributed by atoms with Crippen molar-refractivity contribution in [2.75, 3.05) is 32.5 Å².